The smallest absolute Gasteiger partial charge is 0.314 e. The van der Waals surface area contributed by atoms with Crippen LogP contribution in [0.15, 0.2) is 48.5 Å². The van der Waals surface area contributed by atoms with E-state index in [1.165, 1.54) is 0 Å². The number of carbonyl (C=O) groups excluding carboxylic acids is 2. The van der Waals surface area contributed by atoms with Crippen molar-refractivity contribution in [1.29, 1.82) is 5.26 Å². The summed E-state index contributed by atoms with van der Waals surface area (Å²) in [5, 5.41) is 8.88. The van der Waals surface area contributed by atoms with Crippen molar-refractivity contribution in [2.24, 2.45) is 17.8 Å². The zero-order chi connectivity index (χ0) is 18.8. The SMILES string of the molecule is N#Cc1ccc(-c2ccc(OC(=O)C3CC4CCCC(C3)C4=O)cc2)cc1. The summed E-state index contributed by atoms with van der Waals surface area (Å²) >= 11 is 0. The summed E-state index contributed by atoms with van der Waals surface area (Å²) in [5.74, 6) is 0.598. The van der Waals surface area contributed by atoms with Crippen molar-refractivity contribution < 1.29 is 14.3 Å². The molecule has 2 aliphatic carbocycles. The molecule has 2 saturated carbocycles. The third kappa shape index (κ3) is 3.64. The number of esters is 1. The third-order valence-corrected chi connectivity index (χ3v) is 5.80. The van der Waals surface area contributed by atoms with Crippen molar-refractivity contribution in [1.82, 2.24) is 0 Å². The Labute approximate surface area is 158 Å². The fraction of sp³-hybridized carbons (Fsp3) is 0.348. The predicted molar refractivity (Wildman–Crippen MR) is 101 cm³/mol. The Hall–Kier alpha value is -2.93. The average Bonchev–Trinajstić information content (AvgIpc) is 2.68. The van der Waals surface area contributed by atoms with Gasteiger partial charge in [-0.25, -0.2) is 0 Å². The second-order valence-electron chi connectivity index (χ2n) is 7.53. The first-order valence-electron chi connectivity index (χ1n) is 9.50. The van der Waals surface area contributed by atoms with Crippen LogP contribution in [-0.4, -0.2) is 11.8 Å². The second kappa shape index (κ2) is 7.36. The highest BCUT2D eigenvalue weighted by Gasteiger charge is 2.41. The van der Waals surface area contributed by atoms with Crippen LogP contribution in [0.2, 0.25) is 0 Å². The van der Waals surface area contributed by atoms with Crippen LogP contribution in [-0.2, 0) is 9.59 Å². The van der Waals surface area contributed by atoms with E-state index in [4.69, 9.17) is 10.00 Å². The van der Waals surface area contributed by atoms with Gasteiger partial charge in [-0.2, -0.15) is 5.26 Å². The highest BCUT2D eigenvalue weighted by atomic mass is 16.5. The molecule has 4 nitrogen and oxygen atoms in total. The first-order valence-corrected chi connectivity index (χ1v) is 9.50. The van der Waals surface area contributed by atoms with E-state index in [0.29, 0.717) is 29.9 Å². The molecule has 2 aromatic carbocycles. The number of rotatable bonds is 3. The van der Waals surface area contributed by atoms with Gasteiger partial charge in [-0.05, 0) is 61.1 Å². The molecule has 0 aromatic heterocycles. The lowest BCUT2D eigenvalue weighted by Gasteiger charge is -2.36. The predicted octanol–water partition coefficient (Wildman–Crippen LogP) is 4.53. The fourth-order valence-electron chi connectivity index (χ4n) is 4.32. The number of ketones is 1. The monoisotopic (exact) mass is 359 g/mol. The minimum Gasteiger partial charge on any atom is -0.426 e. The summed E-state index contributed by atoms with van der Waals surface area (Å²) in [6.45, 7) is 0. The van der Waals surface area contributed by atoms with Crippen LogP contribution < -0.4 is 4.74 Å². The van der Waals surface area contributed by atoms with E-state index in [1.807, 2.05) is 24.3 Å². The lowest BCUT2D eigenvalue weighted by molar-refractivity contribution is -0.145. The molecular formula is C23H21NO3. The van der Waals surface area contributed by atoms with Crippen molar-refractivity contribution in [3.8, 4) is 22.9 Å². The van der Waals surface area contributed by atoms with Crippen molar-refractivity contribution in [2.75, 3.05) is 0 Å². The molecule has 2 bridgehead atoms. The van der Waals surface area contributed by atoms with E-state index in [1.54, 1.807) is 24.3 Å². The van der Waals surface area contributed by atoms with E-state index < -0.39 is 0 Å². The van der Waals surface area contributed by atoms with Crippen LogP contribution in [0.3, 0.4) is 0 Å². The molecule has 0 saturated heterocycles. The number of nitrogens with zero attached hydrogens (tertiary/aromatic N) is 1. The Balaban J connectivity index is 1.41. The van der Waals surface area contributed by atoms with Crippen LogP contribution in [0.5, 0.6) is 5.75 Å². The van der Waals surface area contributed by atoms with Crippen LogP contribution in [0.25, 0.3) is 11.1 Å². The lowest BCUT2D eigenvalue weighted by Crippen LogP contribution is -2.40. The Kier molecular flexibility index (Phi) is 4.77. The Morgan fingerprint density at radius 3 is 2.04 bits per heavy atom. The van der Waals surface area contributed by atoms with Crippen molar-refractivity contribution in [2.45, 2.75) is 32.1 Å². The number of benzene rings is 2. The summed E-state index contributed by atoms with van der Waals surface area (Å²) in [6, 6.07) is 16.9. The fourth-order valence-corrected chi connectivity index (χ4v) is 4.32. The highest BCUT2D eigenvalue weighted by Crippen LogP contribution is 2.40. The number of carbonyl (C=O) groups is 2. The van der Waals surface area contributed by atoms with Crippen molar-refractivity contribution >= 4 is 11.8 Å². The Morgan fingerprint density at radius 2 is 1.48 bits per heavy atom. The standard InChI is InChI=1S/C23H21NO3/c24-14-15-4-6-16(7-5-15)17-8-10-21(11-9-17)27-23(26)20-12-18-2-1-3-19(13-20)22(18)25/h4-11,18-20H,1-3,12-13H2. The molecule has 0 spiro atoms. The molecule has 2 fully saturated rings. The molecule has 2 aromatic rings. The number of fused-ring (bicyclic) bond motifs is 2. The van der Waals surface area contributed by atoms with Crippen LogP contribution in [0.4, 0.5) is 0 Å². The van der Waals surface area contributed by atoms with E-state index in [9.17, 15) is 9.59 Å². The molecule has 4 rings (SSSR count). The summed E-state index contributed by atoms with van der Waals surface area (Å²) in [7, 11) is 0. The summed E-state index contributed by atoms with van der Waals surface area (Å²) in [6.07, 6.45) is 4.20. The molecule has 0 heterocycles. The van der Waals surface area contributed by atoms with E-state index >= 15 is 0 Å². The normalized spacial score (nSPS) is 24.1. The number of hydrogen-bond donors (Lipinski definition) is 0. The van der Waals surface area contributed by atoms with E-state index in [-0.39, 0.29) is 23.7 Å². The van der Waals surface area contributed by atoms with Gasteiger partial charge < -0.3 is 4.74 Å². The van der Waals surface area contributed by atoms with E-state index in [0.717, 1.165) is 30.4 Å². The molecule has 2 unspecified atom stereocenters. The zero-order valence-electron chi connectivity index (χ0n) is 15.1. The topological polar surface area (TPSA) is 67.2 Å². The summed E-state index contributed by atoms with van der Waals surface area (Å²) < 4.78 is 5.59. The van der Waals surface area contributed by atoms with Gasteiger partial charge in [-0.3, -0.25) is 9.59 Å². The minimum absolute atomic E-state index is 0.0498. The maximum atomic E-state index is 12.6. The summed E-state index contributed by atoms with van der Waals surface area (Å²) in [5.41, 5.74) is 2.63. The third-order valence-electron chi connectivity index (χ3n) is 5.80. The largest absolute Gasteiger partial charge is 0.426 e. The van der Waals surface area contributed by atoms with Gasteiger partial charge in [0, 0.05) is 11.8 Å². The maximum Gasteiger partial charge on any atom is 0.314 e. The first kappa shape index (κ1) is 17.5. The molecule has 2 atom stereocenters. The van der Waals surface area contributed by atoms with Gasteiger partial charge in [0.25, 0.3) is 0 Å². The molecule has 136 valence electrons. The molecule has 0 aliphatic heterocycles. The number of nitriles is 1. The molecular weight excluding hydrogens is 338 g/mol. The number of ether oxygens (including phenoxy) is 1. The quantitative estimate of drug-likeness (QED) is 0.597. The van der Waals surface area contributed by atoms with Gasteiger partial charge in [0.15, 0.2) is 0 Å². The van der Waals surface area contributed by atoms with Crippen LogP contribution in [0, 0.1) is 29.1 Å². The van der Waals surface area contributed by atoms with E-state index in [2.05, 4.69) is 6.07 Å². The van der Waals surface area contributed by atoms with Crippen LogP contribution >= 0.6 is 0 Å². The molecule has 27 heavy (non-hydrogen) atoms. The molecule has 0 radical (unpaired) electrons. The van der Waals surface area contributed by atoms with Crippen molar-refractivity contribution in [3.63, 3.8) is 0 Å². The van der Waals surface area contributed by atoms with Gasteiger partial charge >= 0.3 is 5.97 Å². The van der Waals surface area contributed by atoms with Gasteiger partial charge in [-0.1, -0.05) is 30.7 Å². The van der Waals surface area contributed by atoms with Crippen LogP contribution in [0.1, 0.15) is 37.7 Å². The van der Waals surface area contributed by atoms with Crippen molar-refractivity contribution in [3.05, 3.63) is 54.1 Å². The minimum atomic E-state index is -0.217. The average molecular weight is 359 g/mol. The molecule has 4 heteroatoms. The maximum absolute atomic E-state index is 12.6. The van der Waals surface area contributed by atoms with Gasteiger partial charge in [-0.15, -0.1) is 0 Å². The molecule has 2 aliphatic rings. The molecule has 0 N–H and O–H groups in total. The van der Waals surface area contributed by atoms with Gasteiger partial charge in [0.1, 0.15) is 11.5 Å². The number of hydrogen-bond acceptors (Lipinski definition) is 4. The first-order chi connectivity index (χ1) is 13.1. The zero-order valence-corrected chi connectivity index (χ0v) is 15.1. The number of Topliss-reactive ketones (excluding diaryl/α,β-unsaturated/α-hetero) is 1. The lowest BCUT2D eigenvalue weighted by atomic mass is 9.67. The Bertz CT molecular complexity index is 877. The second-order valence-corrected chi connectivity index (χ2v) is 7.53. The molecule has 0 amide bonds. The van der Waals surface area contributed by atoms with Gasteiger partial charge in [0.2, 0.25) is 0 Å². The Morgan fingerprint density at radius 1 is 0.926 bits per heavy atom. The highest BCUT2D eigenvalue weighted by molar-refractivity contribution is 5.87. The van der Waals surface area contributed by atoms with Gasteiger partial charge in [0.05, 0.1) is 17.6 Å². The summed E-state index contributed by atoms with van der Waals surface area (Å²) in [4.78, 5) is 24.7.